The summed E-state index contributed by atoms with van der Waals surface area (Å²) in [7, 11) is 0. The first kappa shape index (κ1) is 35.0. The fourth-order valence-electron chi connectivity index (χ4n) is 4.63. The Labute approximate surface area is 226 Å². The number of carbonyl (C=O) groups excluding carboxylic acids is 1. The molecule has 0 heterocycles. The van der Waals surface area contributed by atoms with Crippen molar-refractivity contribution in [3.8, 4) is 0 Å². The van der Waals surface area contributed by atoms with Gasteiger partial charge in [-0.15, -0.1) is 0 Å². The van der Waals surface area contributed by atoms with Crippen molar-refractivity contribution in [3.63, 3.8) is 0 Å². The average Bonchev–Trinajstić information content (AvgIpc) is 2.88. The molecule has 0 saturated carbocycles. The van der Waals surface area contributed by atoms with Crippen LogP contribution in [0.1, 0.15) is 181 Å². The predicted octanol–water partition coefficient (Wildman–Crippen LogP) is 11.9. The largest absolute Gasteiger partial charge is 0.508 e. The van der Waals surface area contributed by atoms with E-state index in [9.17, 15) is 4.79 Å². The standard InChI is InChI=1S/C33H64O3/c1-3-5-7-9-11-13-15-17-18-19-20-22-24-26-28-30-32-36-33(34)35-31-29-27-25-23-21-16-14-12-10-8-6-4-2/h10,12H,3-9,11,13-32H2,1-2H3/b12-10-. The van der Waals surface area contributed by atoms with Crippen LogP contribution in [0.25, 0.3) is 0 Å². The van der Waals surface area contributed by atoms with Crippen molar-refractivity contribution < 1.29 is 14.3 Å². The van der Waals surface area contributed by atoms with Crippen LogP contribution in [0.5, 0.6) is 0 Å². The van der Waals surface area contributed by atoms with Gasteiger partial charge < -0.3 is 9.47 Å². The Balaban J connectivity index is 3.16. The number of hydrogen-bond donors (Lipinski definition) is 0. The predicted molar refractivity (Wildman–Crippen MR) is 158 cm³/mol. The van der Waals surface area contributed by atoms with Crippen molar-refractivity contribution in [3.05, 3.63) is 12.2 Å². The van der Waals surface area contributed by atoms with E-state index in [4.69, 9.17) is 9.47 Å². The zero-order valence-corrected chi connectivity index (χ0v) is 24.7. The fourth-order valence-corrected chi connectivity index (χ4v) is 4.63. The van der Waals surface area contributed by atoms with Crippen molar-refractivity contribution in [1.29, 1.82) is 0 Å². The first-order chi connectivity index (χ1) is 17.8. The van der Waals surface area contributed by atoms with Crippen LogP contribution in [0.15, 0.2) is 12.2 Å². The Morgan fingerprint density at radius 1 is 0.417 bits per heavy atom. The Bertz CT molecular complexity index is 446. The molecular formula is C33H64O3. The van der Waals surface area contributed by atoms with Crippen LogP contribution >= 0.6 is 0 Å². The first-order valence-corrected chi connectivity index (χ1v) is 16.3. The van der Waals surface area contributed by atoms with Crippen LogP contribution in [0.4, 0.5) is 4.79 Å². The SMILES string of the molecule is CCCC/C=C\CCCCCCCCOC(=O)OCCCCCCCCCCCCCCCCCC. The minimum atomic E-state index is -0.481. The van der Waals surface area contributed by atoms with Crippen LogP contribution < -0.4 is 0 Å². The van der Waals surface area contributed by atoms with Crippen LogP contribution in [0.3, 0.4) is 0 Å². The van der Waals surface area contributed by atoms with Gasteiger partial charge in [-0.25, -0.2) is 4.79 Å². The normalized spacial score (nSPS) is 11.4. The molecule has 0 bridgehead atoms. The summed E-state index contributed by atoms with van der Waals surface area (Å²) in [5.41, 5.74) is 0. The lowest BCUT2D eigenvalue weighted by atomic mass is 10.0. The van der Waals surface area contributed by atoms with E-state index in [-0.39, 0.29) is 0 Å². The summed E-state index contributed by atoms with van der Waals surface area (Å²) in [5, 5.41) is 0. The zero-order valence-electron chi connectivity index (χ0n) is 24.7. The second-order valence-corrected chi connectivity index (χ2v) is 10.8. The highest BCUT2D eigenvalue weighted by Crippen LogP contribution is 2.14. The van der Waals surface area contributed by atoms with E-state index in [2.05, 4.69) is 26.0 Å². The van der Waals surface area contributed by atoms with Gasteiger partial charge in [0.2, 0.25) is 0 Å². The fraction of sp³-hybridized carbons (Fsp3) is 0.909. The summed E-state index contributed by atoms with van der Waals surface area (Å²) in [5.74, 6) is 0. The first-order valence-electron chi connectivity index (χ1n) is 16.3. The summed E-state index contributed by atoms with van der Waals surface area (Å²) in [4.78, 5) is 11.7. The molecule has 0 rings (SSSR count). The Kier molecular flexibility index (Phi) is 31.2. The van der Waals surface area contributed by atoms with E-state index in [0.717, 1.165) is 25.7 Å². The number of carbonyl (C=O) groups is 1. The molecule has 0 N–H and O–H groups in total. The second-order valence-electron chi connectivity index (χ2n) is 10.8. The third-order valence-electron chi connectivity index (χ3n) is 7.09. The molecular weight excluding hydrogens is 444 g/mol. The van der Waals surface area contributed by atoms with Crippen molar-refractivity contribution in [2.75, 3.05) is 13.2 Å². The molecule has 0 aliphatic heterocycles. The number of ether oxygens (including phenoxy) is 2. The van der Waals surface area contributed by atoms with E-state index >= 15 is 0 Å². The highest BCUT2D eigenvalue weighted by atomic mass is 16.7. The highest BCUT2D eigenvalue weighted by Gasteiger charge is 2.03. The molecule has 0 aliphatic rings. The summed E-state index contributed by atoms with van der Waals surface area (Å²) < 4.78 is 10.4. The summed E-state index contributed by atoms with van der Waals surface area (Å²) >= 11 is 0. The van der Waals surface area contributed by atoms with E-state index in [0.29, 0.717) is 13.2 Å². The number of rotatable bonds is 29. The summed E-state index contributed by atoms with van der Waals surface area (Å²) in [6.07, 6.45) is 38.1. The van der Waals surface area contributed by atoms with Gasteiger partial charge in [0.05, 0.1) is 13.2 Å². The van der Waals surface area contributed by atoms with E-state index < -0.39 is 6.16 Å². The van der Waals surface area contributed by atoms with Gasteiger partial charge >= 0.3 is 6.16 Å². The molecule has 3 nitrogen and oxygen atoms in total. The molecule has 0 amide bonds. The number of unbranched alkanes of at least 4 members (excludes halogenated alkanes) is 23. The van der Waals surface area contributed by atoms with Crippen molar-refractivity contribution in [2.45, 2.75) is 181 Å². The lowest BCUT2D eigenvalue weighted by Crippen LogP contribution is -2.09. The number of allylic oxidation sites excluding steroid dienone is 2. The third kappa shape index (κ3) is 31.0. The topological polar surface area (TPSA) is 35.5 Å². The summed E-state index contributed by atoms with van der Waals surface area (Å²) in [6, 6.07) is 0. The zero-order chi connectivity index (χ0) is 26.2. The van der Waals surface area contributed by atoms with E-state index in [1.54, 1.807) is 0 Å². The average molecular weight is 509 g/mol. The third-order valence-corrected chi connectivity index (χ3v) is 7.09. The van der Waals surface area contributed by atoms with Crippen LogP contribution in [-0.2, 0) is 9.47 Å². The van der Waals surface area contributed by atoms with Gasteiger partial charge in [0.15, 0.2) is 0 Å². The van der Waals surface area contributed by atoms with Gasteiger partial charge in [0.1, 0.15) is 0 Å². The summed E-state index contributed by atoms with van der Waals surface area (Å²) in [6.45, 7) is 5.53. The van der Waals surface area contributed by atoms with Gasteiger partial charge in [0, 0.05) is 0 Å². The van der Waals surface area contributed by atoms with Gasteiger partial charge in [-0.05, 0) is 32.1 Å². The maximum absolute atomic E-state index is 11.7. The van der Waals surface area contributed by atoms with Gasteiger partial charge in [-0.2, -0.15) is 0 Å². The minimum absolute atomic E-state index is 0.481. The molecule has 0 aliphatic carbocycles. The van der Waals surface area contributed by atoms with Crippen LogP contribution in [0, 0.1) is 0 Å². The van der Waals surface area contributed by atoms with Crippen molar-refractivity contribution in [1.82, 2.24) is 0 Å². The molecule has 3 heteroatoms. The molecule has 0 aromatic heterocycles. The Morgan fingerprint density at radius 3 is 1.11 bits per heavy atom. The molecule has 0 aromatic rings. The Hall–Kier alpha value is -0.990. The lowest BCUT2D eigenvalue weighted by Gasteiger charge is -2.06. The van der Waals surface area contributed by atoms with Crippen molar-refractivity contribution >= 4 is 6.16 Å². The van der Waals surface area contributed by atoms with E-state index in [1.165, 1.54) is 141 Å². The molecule has 0 aromatic carbocycles. The highest BCUT2D eigenvalue weighted by molar-refractivity contribution is 5.59. The molecule has 36 heavy (non-hydrogen) atoms. The number of hydrogen-bond acceptors (Lipinski definition) is 3. The molecule has 0 spiro atoms. The molecule has 0 atom stereocenters. The van der Waals surface area contributed by atoms with Gasteiger partial charge in [0.25, 0.3) is 0 Å². The van der Waals surface area contributed by atoms with Crippen LogP contribution in [0.2, 0.25) is 0 Å². The van der Waals surface area contributed by atoms with Crippen molar-refractivity contribution in [2.24, 2.45) is 0 Å². The maximum Gasteiger partial charge on any atom is 0.508 e. The minimum Gasteiger partial charge on any atom is -0.434 e. The maximum atomic E-state index is 11.7. The molecule has 0 saturated heterocycles. The van der Waals surface area contributed by atoms with Gasteiger partial charge in [-0.3, -0.25) is 0 Å². The second kappa shape index (κ2) is 32.0. The Morgan fingerprint density at radius 2 is 0.722 bits per heavy atom. The molecule has 0 unspecified atom stereocenters. The van der Waals surface area contributed by atoms with E-state index in [1.807, 2.05) is 0 Å². The molecule has 0 fully saturated rings. The van der Waals surface area contributed by atoms with Gasteiger partial charge in [-0.1, -0.05) is 161 Å². The monoisotopic (exact) mass is 508 g/mol. The smallest absolute Gasteiger partial charge is 0.434 e. The molecule has 0 radical (unpaired) electrons. The molecule has 214 valence electrons. The quantitative estimate of drug-likeness (QED) is 0.0572. The van der Waals surface area contributed by atoms with Crippen LogP contribution in [-0.4, -0.2) is 19.4 Å². The lowest BCUT2D eigenvalue weighted by molar-refractivity contribution is 0.0529.